The maximum Gasteiger partial charge on any atom is 0.573 e. The molecule has 0 radical (unpaired) electrons. The van der Waals surface area contributed by atoms with Gasteiger partial charge in [-0.15, -0.1) is 0 Å². The van der Waals surface area contributed by atoms with E-state index in [0.717, 1.165) is 0 Å². The molecule has 0 bridgehead atoms. The number of hydrogen-bond acceptors (Lipinski definition) is 7. The highest BCUT2D eigenvalue weighted by molar-refractivity contribution is 5.58. The largest absolute Gasteiger partial charge is 0.573 e. The first-order valence-electron chi connectivity index (χ1n) is 2.16. The molecule has 7 heteroatoms. The van der Waals surface area contributed by atoms with Gasteiger partial charge in [0.15, 0.2) is 13.6 Å². The summed E-state index contributed by atoms with van der Waals surface area (Å²) < 4.78 is 0. The number of aliphatic hydroxyl groups excluding tert-OH is 2. The average molecular weight is 154 g/mol. The summed E-state index contributed by atoms with van der Waals surface area (Å²) in [5.74, 6) is 0. The smallest absolute Gasteiger partial charge is 0.367 e. The summed E-state index contributed by atoms with van der Waals surface area (Å²) in [6, 6.07) is 0. The van der Waals surface area contributed by atoms with E-state index >= 15 is 0 Å². The molecule has 0 aliphatic heterocycles. The molecule has 7 nitrogen and oxygen atoms in total. The lowest BCUT2D eigenvalue weighted by molar-refractivity contribution is -0.350. The maximum atomic E-state index is 10.0. The van der Waals surface area contributed by atoms with Gasteiger partial charge in [0.05, 0.1) is 0 Å². The Morgan fingerprint density at radius 2 is 1.50 bits per heavy atom. The highest BCUT2D eigenvalue weighted by atomic mass is 17.3. The summed E-state index contributed by atoms with van der Waals surface area (Å²) >= 11 is 0. The molecule has 0 saturated heterocycles. The van der Waals surface area contributed by atoms with Gasteiger partial charge in [-0.25, -0.2) is 0 Å². The number of carbonyl (C=O) groups is 1. The first kappa shape index (κ1) is 9.11. The number of carbonyl (C=O) groups excluding carboxylic acids is 1. The standard InChI is InChI=1S/C3H6O7/c4-1-7-9-3(6)10-8-2-5/h4-5H,1-2H2. The van der Waals surface area contributed by atoms with Crippen LogP contribution in [0.2, 0.25) is 0 Å². The Morgan fingerprint density at radius 1 is 1.10 bits per heavy atom. The van der Waals surface area contributed by atoms with E-state index in [-0.39, 0.29) is 0 Å². The molecule has 0 aromatic carbocycles. The molecule has 0 aromatic rings. The summed E-state index contributed by atoms with van der Waals surface area (Å²) in [6.07, 6.45) is -1.32. The van der Waals surface area contributed by atoms with Crippen molar-refractivity contribution in [2.75, 3.05) is 13.6 Å². The Balaban J connectivity index is 3.09. The van der Waals surface area contributed by atoms with Gasteiger partial charge in [0.25, 0.3) is 0 Å². The van der Waals surface area contributed by atoms with Gasteiger partial charge in [-0.05, 0) is 0 Å². The van der Waals surface area contributed by atoms with E-state index in [1.54, 1.807) is 0 Å². The van der Waals surface area contributed by atoms with Crippen LogP contribution in [0.3, 0.4) is 0 Å². The fraction of sp³-hybridized carbons (Fsp3) is 0.667. The van der Waals surface area contributed by atoms with Crippen LogP contribution in [0.1, 0.15) is 0 Å². The minimum absolute atomic E-state index is 0.784. The quantitative estimate of drug-likeness (QED) is 0.301. The van der Waals surface area contributed by atoms with Gasteiger partial charge >= 0.3 is 6.16 Å². The van der Waals surface area contributed by atoms with Crippen LogP contribution in [0.15, 0.2) is 0 Å². The fourth-order valence-corrected chi connectivity index (χ4v) is 0.163. The van der Waals surface area contributed by atoms with Crippen molar-refractivity contribution in [3.05, 3.63) is 0 Å². The molecule has 2 N–H and O–H groups in total. The molecule has 60 valence electrons. The molecule has 0 aliphatic rings. The van der Waals surface area contributed by atoms with Crippen molar-refractivity contribution in [3.8, 4) is 0 Å². The van der Waals surface area contributed by atoms with Crippen molar-refractivity contribution in [3.63, 3.8) is 0 Å². The molecular weight excluding hydrogens is 148 g/mol. The lowest BCUT2D eigenvalue weighted by Crippen LogP contribution is -2.09. The van der Waals surface area contributed by atoms with E-state index in [0.29, 0.717) is 0 Å². The Kier molecular flexibility index (Phi) is 5.68. The van der Waals surface area contributed by atoms with Crippen LogP contribution in [0.4, 0.5) is 4.79 Å². The number of hydrogen-bond donors (Lipinski definition) is 2. The lowest BCUT2D eigenvalue weighted by Gasteiger charge is -1.98. The summed E-state index contributed by atoms with van der Waals surface area (Å²) in [4.78, 5) is 24.8. The molecular formula is C3H6O7. The summed E-state index contributed by atoms with van der Waals surface area (Å²) in [6.45, 7) is -1.57. The van der Waals surface area contributed by atoms with Crippen molar-refractivity contribution in [2.24, 2.45) is 0 Å². The van der Waals surface area contributed by atoms with Gasteiger partial charge in [0, 0.05) is 0 Å². The average Bonchev–Trinajstić information content (AvgIpc) is 1.97. The minimum atomic E-state index is -1.32. The normalized spacial score (nSPS) is 9.00. The molecule has 10 heavy (non-hydrogen) atoms. The summed E-state index contributed by atoms with van der Waals surface area (Å²) in [5.41, 5.74) is 0. The summed E-state index contributed by atoms with van der Waals surface area (Å²) in [5, 5.41) is 15.8. The van der Waals surface area contributed by atoms with Crippen molar-refractivity contribution < 1.29 is 34.6 Å². The Morgan fingerprint density at radius 3 is 1.80 bits per heavy atom. The van der Waals surface area contributed by atoms with Crippen LogP contribution >= 0.6 is 0 Å². The van der Waals surface area contributed by atoms with Crippen LogP contribution in [0.5, 0.6) is 0 Å². The van der Waals surface area contributed by atoms with Gasteiger partial charge < -0.3 is 10.2 Å². The van der Waals surface area contributed by atoms with Crippen molar-refractivity contribution in [1.29, 1.82) is 0 Å². The topological polar surface area (TPSA) is 94.5 Å². The van der Waals surface area contributed by atoms with Crippen LogP contribution in [-0.2, 0) is 19.6 Å². The van der Waals surface area contributed by atoms with Gasteiger partial charge in [0.1, 0.15) is 0 Å². The molecule has 0 spiro atoms. The van der Waals surface area contributed by atoms with E-state index < -0.39 is 19.7 Å². The SMILES string of the molecule is O=C(OOCO)OOCO. The van der Waals surface area contributed by atoms with Crippen LogP contribution in [0, 0.1) is 0 Å². The molecule has 0 heterocycles. The second-order valence-electron chi connectivity index (χ2n) is 0.911. The predicted octanol–water partition coefficient (Wildman–Crippen LogP) is -1.10. The van der Waals surface area contributed by atoms with E-state index in [4.69, 9.17) is 10.2 Å². The van der Waals surface area contributed by atoms with E-state index in [1.807, 2.05) is 0 Å². The third kappa shape index (κ3) is 5.25. The second-order valence-corrected chi connectivity index (χ2v) is 0.911. The monoisotopic (exact) mass is 154 g/mol. The van der Waals surface area contributed by atoms with Crippen molar-refractivity contribution in [1.82, 2.24) is 0 Å². The molecule has 0 saturated carbocycles. The maximum absolute atomic E-state index is 10.0. The second kappa shape index (κ2) is 6.23. The molecule has 0 aliphatic carbocycles. The third-order valence-corrected chi connectivity index (χ3v) is 0.359. The van der Waals surface area contributed by atoms with Crippen molar-refractivity contribution in [2.45, 2.75) is 0 Å². The van der Waals surface area contributed by atoms with Crippen molar-refractivity contribution >= 4 is 6.16 Å². The highest BCUT2D eigenvalue weighted by Gasteiger charge is 2.04. The number of rotatable bonds is 4. The van der Waals surface area contributed by atoms with Gasteiger partial charge in [-0.2, -0.15) is 14.6 Å². The molecule has 0 aromatic heterocycles. The third-order valence-electron chi connectivity index (χ3n) is 0.359. The van der Waals surface area contributed by atoms with E-state index in [1.165, 1.54) is 0 Å². The van der Waals surface area contributed by atoms with Gasteiger partial charge in [-0.3, -0.25) is 9.78 Å². The predicted molar refractivity (Wildman–Crippen MR) is 23.9 cm³/mol. The van der Waals surface area contributed by atoms with Gasteiger partial charge in [0.2, 0.25) is 0 Å². The molecule has 0 rings (SSSR count). The zero-order valence-corrected chi connectivity index (χ0v) is 4.85. The number of aliphatic hydroxyl groups is 2. The zero-order chi connectivity index (χ0) is 7.82. The van der Waals surface area contributed by atoms with Crippen LogP contribution in [-0.4, -0.2) is 30.0 Å². The first-order valence-corrected chi connectivity index (χ1v) is 2.16. The lowest BCUT2D eigenvalue weighted by atomic mass is 11.4. The highest BCUT2D eigenvalue weighted by Crippen LogP contribution is 1.85. The van der Waals surface area contributed by atoms with Gasteiger partial charge in [-0.1, -0.05) is 0 Å². The van der Waals surface area contributed by atoms with E-state index in [9.17, 15) is 4.79 Å². The molecule has 0 unspecified atom stereocenters. The van der Waals surface area contributed by atoms with Crippen LogP contribution < -0.4 is 0 Å². The Hall–Kier alpha value is -0.890. The molecule has 0 amide bonds. The Labute approximate surface area is 55.5 Å². The Bertz CT molecular complexity index is 80.9. The van der Waals surface area contributed by atoms with Crippen LogP contribution in [0.25, 0.3) is 0 Å². The molecule has 0 fully saturated rings. The fourth-order valence-electron chi connectivity index (χ4n) is 0.163. The van der Waals surface area contributed by atoms with E-state index in [2.05, 4.69) is 19.6 Å². The minimum Gasteiger partial charge on any atom is -0.367 e. The molecule has 0 atom stereocenters. The summed E-state index contributed by atoms with van der Waals surface area (Å²) in [7, 11) is 0. The zero-order valence-electron chi connectivity index (χ0n) is 4.85. The first-order chi connectivity index (χ1) is 4.81.